The van der Waals surface area contributed by atoms with E-state index in [4.69, 9.17) is 4.74 Å². The van der Waals surface area contributed by atoms with Crippen LogP contribution in [0.15, 0.2) is 46.9 Å². The van der Waals surface area contributed by atoms with Crippen LogP contribution in [0.1, 0.15) is 21.5 Å². The van der Waals surface area contributed by atoms with Crippen molar-refractivity contribution in [2.45, 2.75) is 11.8 Å². The molecule has 2 rings (SSSR count). The number of alkyl halides is 1. The molecule has 94 valence electrons. The Labute approximate surface area is 124 Å². The number of aryl methyl sites for hydroxylation is 1. The minimum atomic E-state index is 0.194. The molecule has 3 heteroatoms. The molecular formula is C15H14Br2O. The van der Waals surface area contributed by atoms with E-state index in [0.717, 1.165) is 10.2 Å². The molecule has 1 atom stereocenters. The Morgan fingerprint density at radius 2 is 1.78 bits per heavy atom. The Kier molecular flexibility index (Phi) is 4.46. The van der Waals surface area contributed by atoms with E-state index in [9.17, 15) is 0 Å². The van der Waals surface area contributed by atoms with Gasteiger partial charge in [-0.05, 0) is 46.1 Å². The number of halogens is 2. The average Bonchev–Trinajstić information content (AvgIpc) is 2.37. The second-order valence-electron chi connectivity index (χ2n) is 4.17. The van der Waals surface area contributed by atoms with E-state index >= 15 is 0 Å². The van der Waals surface area contributed by atoms with Gasteiger partial charge < -0.3 is 4.74 Å². The van der Waals surface area contributed by atoms with Crippen LogP contribution in [0.5, 0.6) is 5.75 Å². The summed E-state index contributed by atoms with van der Waals surface area (Å²) in [6, 6.07) is 14.6. The quantitative estimate of drug-likeness (QED) is 0.671. The van der Waals surface area contributed by atoms with E-state index in [2.05, 4.69) is 75.2 Å². The summed E-state index contributed by atoms with van der Waals surface area (Å²) in [5, 5.41) is 0. The van der Waals surface area contributed by atoms with Gasteiger partial charge in [0, 0.05) is 0 Å². The summed E-state index contributed by atoms with van der Waals surface area (Å²) in [5.74, 6) is 0.850. The molecule has 0 saturated heterocycles. The molecule has 2 aromatic carbocycles. The molecule has 1 unspecified atom stereocenters. The Morgan fingerprint density at radius 1 is 1.06 bits per heavy atom. The molecule has 0 aliphatic carbocycles. The van der Waals surface area contributed by atoms with Crippen molar-refractivity contribution in [3.63, 3.8) is 0 Å². The van der Waals surface area contributed by atoms with Crippen LogP contribution in [0, 0.1) is 6.92 Å². The van der Waals surface area contributed by atoms with Crippen molar-refractivity contribution in [3.05, 3.63) is 63.6 Å². The van der Waals surface area contributed by atoms with E-state index < -0.39 is 0 Å². The smallest absolute Gasteiger partial charge is 0.133 e. The lowest BCUT2D eigenvalue weighted by Gasteiger charge is -2.13. The Hall–Kier alpha value is -0.800. The highest BCUT2D eigenvalue weighted by molar-refractivity contribution is 9.10. The summed E-state index contributed by atoms with van der Waals surface area (Å²) in [4.78, 5) is 0.194. The van der Waals surface area contributed by atoms with E-state index in [1.807, 2.05) is 6.07 Å². The minimum absolute atomic E-state index is 0.194. The molecule has 0 fully saturated rings. The van der Waals surface area contributed by atoms with Crippen molar-refractivity contribution in [2.24, 2.45) is 0 Å². The highest BCUT2D eigenvalue weighted by Crippen LogP contribution is 2.35. The van der Waals surface area contributed by atoms with Gasteiger partial charge in [0.2, 0.25) is 0 Å². The maximum absolute atomic E-state index is 5.24. The van der Waals surface area contributed by atoms with Crippen LogP contribution in [-0.2, 0) is 0 Å². The van der Waals surface area contributed by atoms with Crippen molar-refractivity contribution in [2.75, 3.05) is 7.11 Å². The molecule has 0 radical (unpaired) electrons. The van der Waals surface area contributed by atoms with Crippen molar-refractivity contribution >= 4 is 31.9 Å². The van der Waals surface area contributed by atoms with E-state index in [-0.39, 0.29) is 4.83 Å². The summed E-state index contributed by atoms with van der Waals surface area (Å²) in [5.41, 5.74) is 3.73. The predicted molar refractivity (Wildman–Crippen MR) is 82.6 cm³/mol. The van der Waals surface area contributed by atoms with E-state index in [0.29, 0.717) is 0 Å². The summed E-state index contributed by atoms with van der Waals surface area (Å²) in [6.07, 6.45) is 0. The van der Waals surface area contributed by atoms with Gasteiger partial charge in [0.05, 0.1) is 16.4 Å². The van der Waals surface area contributed by atoms with Crippen molar-refractivity contribution < 1.29 is 4.74 Å². The number of hydrogen-bond acceptors (Lipinski definition) is 1. The van der Waals surface area contributed by atoms with Crippen molar-refractivity contribution in [3.8, 4) is 5.75 Å². The van der Waals surface area contributed by atoms with Crippen molar-refractivity contribution in [1.82, 2.24) is 0 Å². The number of rotatable bonds is 3. The Bertz CT molecular complexity index is 552. The normalized spacial score (nSPS) is 12.2. The third-order valence-corrected chi connectivity index (χ3v) is 4.48. The molecule has 0 aromatic heterocycles. The molecule has 18 heavy (non-hydrogen) atoms. The number of benzene rings is 2. The highest BCUT2D eigenvalue weighted by atomic mass is 79.9. The van der Waals surface area contributed by atoms with Gasteiger partial charge in [0.25, 0.3) is 0 Å². The molecule has 2 aromatic rings. The summed E-state index contributed by atoms with van der Waals surface area (Å²) < 4.78 is 6.21. The zero-order valence-corrected chi connectivity index (χ0v) is 13.5. The first-order valence-electron chi connectivity index (χ1n) is 5.66. The first kappa shape index (κ1) is 13.6. The van der Waals surface area contributed by atoms with Gasteiger partial charge in [0.1, 0.15) is 5.75 Å². The van der Waals surface area contributed by atoms with Crippen LogP contribution in [0.25, 0.3) is 0 Å². The predicted octanol–water partition coefficient (Wildman–Crippen LogP) is 5.25. The molecule has 0 aliphatic heterocycles. The standard InChI is InChI=1S/C15H14Br2O/c1-10-4-3-5-11(8-10)15(17)12-6-7-14(18-2)13(16)9-12/h3-9,15H,1-2H3. The second-order valence-corrected chi connectivity index (χ2v) is 5.94. The molecule has 0 heterocycles. The lowest BCUT2D eigenvalue weighted by Crippen LogP contribution is -1.94. The minimum Gasteiger partial charge on any atom is -0.496 e. The largest absolute Gasteiger partial charge is 0.496 e. The molecule has 0 saturated carbocycles. The van der Waals surface area contributed by atoms with Gasteiger partial charge in [0.15, 0.2) is 0 Å². The maximum Gasteiger partial charge on any atom is 0.133 e. The SMILES string of the molecule is COc1ccc(C(Br)c2cccc(C)c2)cc1Br. The monoisotopic (exact) mass is 368 g/mol. The van der Waals surface area contributed by atoms with Gasteiger partial charge >= 0.3 is 0 Å². The van der Waals surface area contributed by atoms with Gasteiger partial charge in [-0.25, -0.2) is 0 Å². The van der Waals surface area contributed by atoms with E-state index in [1.54, 1.807) is 7.11 Å². The molecule has 0 aliphatic rings. The topological polar surface area (TPSA) is 9.23 Å². The molecule has 0 bridgehead atoms. The van der Waals surface area contributed by atoms with Crippen molar-refractivity contribution in [1.29, 1.82) is 0 Å². The first-order valence-corrected chi connectivity index (χ1v) is 7.36. The first-order chi connectivity index (χ1) is 8.61. The van der Waals surface area contributed by atoms with Crippen LogP contribution in [-0.4, -0.2) is 7.11 Å². The van der Waals surface area contributed by atoms with E-state index in [1.165, 1.54) is 16.7 Å². The average molecular weight is 370 g/mol. The lowest BCUT2D eigenvalue weighted by molar-refractivity contribution is 0.412. The fourth-order valence-corrected chi connectivity index (χ4v) is 2.99. The highest BCUT2D eigenvalue weighted by Gasteiger charge is 2.12. The zero-order valence-electron chi connectivity index (χ0n) is 10.3. The maximum atomic E-state index is 5.24. The molecule has 0 amide bonds. The molecule has 0 spiro atoms. The molecule has 0 N–H and O–H groups in total. The summed E-state index contributed by atoms with van der Waals surface area (Å²) in [6.45, 7) is 2.10. The fraction of sp³-hybridized carbons (Fsp3) is 0.200. The Morgan fingerprint density at radius 3 is 2.39 bits per heavy atom. The van der Waals surface area contributed by atoms with Crippen LogP contribution >= 0.6 is 31.9 Å². The number of hydrogen-bond donors (Lipinski definition) is 0. The van der Waals surface area contributed by atoms with Gasteiger partial charge in [-0.3, -0.25) is 0 Å². The van der Waals surface area contributed by atoms with Gasteiger partial charge in [-0.2, -0.15) is 0 Å². The van der Waals surface area contributed by atoms with Gasteiger partial charge in [-0.1, -0.05) is 51.8 Å². The van der Waals surface area contributed by atoms with Crippen LogP contribution in [0.3, 0.4) is 0 Å². The van der Waals surface area contributed by atoms with Crippen LogP contribution in [0.2, 0.25) is 0 Å². The zero-order chi connectivity index (χ0) is 13.1. The van der Waals surface area contributed by atoms with Gasteiger partial charge in [-0.15, -0.1) is 0 Å². The Balaban J connectivity index is 2.34. The summed E-state index contributed by atoms with van der Waals surface area (Å²) >= 11 is 7.26. The number of ether oxygens (including phenoxy) is 1. The van der Waals surface area contributed by atoms with Crippen LogP contribution in [0.4, 0.5) is 0 Å². The lowest BCUT2D eigenvalue weighted by atomic mass is 10.0. The van der Waals surface area contributed by atoms with Crippen LogP contribution < -0.4 is 4.74 Å². The number of methoxy groups -OCH3 is 1. The molecular weight excluding hydrogens is 356 g/mol. The summed E-state index contributed by atoms with van der Waals surface area (Å²) in [7, 11) is 1.67. The third kappa shape index (κ3) is 2.96. The molecule has 1 nitrogen and oxygen atoms in total. The second kappa shape index (κ2) is 5.89. The fourth-order valence-electron chi connectivity index (χ4n) is 1.86. The third-order valence-electron chi connectivity index (χ3n) is 2.80.